The predicted octanol–water partition coefficient (Wildman–Crippen LogP) is 4.67. The molecule has 5 heteroatoms. The van der Waals surface area contributed by atoms with E-state index >= 15 is 0 Å². The van der Waals surface area contributed by atoms with Crippen LogP contribution in [0.1, 0.15) is 42.0 Å². The molecule has 0 radical (unpaired) electrons. The number of amides is 1. The zero-order chi connectivity index (χ0) is 18.4. The van der Waals surface area contributed by atoms with Gasteiger partial charge < -0.3 is 9.88 Å². The average molecular weight is 368 g/mol. The molecule has 26 heavy (non-hydrogen) atoms. The van der Waals surface area contributed by atoms with Gasteiger partial charge in [0.2, 0.25) is 0 Å². The number of rotatable bonds is 8. The fraction of sp³-hybridized carbons (Fsp3) is 0.333. The van der Waals surface area contributed by atoms with E-state index in [-0.39, 0.29) is 11.9 Å². The summed E-state index contributed by atoms with van der Waals surface area (Å²) >= 11 is 1.79. The molecule has 136 valence electrons. The Labute approximate surface area is 159 Å². The molecular weight excluding hydrogens is 342 g/mol. The van der Waals surface area contributed by atoms with Gasteiger partial charge in [0.05, 0.1) is 17.1 Å². The standard InChI is InChI=1S/C21H25N3OS/c1-3-14-24-19-12-8-7-11-17(19)22-20(24)18(13-15-26-2)23-21(25)16-9-5-4-6-10-16/h4-12,18H,3,13-15H2,1-2H3,(H,23,25)/t18-/m1/s1. The Hall–Kier alpha value is -2.27. The number of aryl methyl sites for hydroxylation is 1. The summed E-state index contributed by atoms with van der Waals surface area (Å²) in [5.74, 6) is 1.87. The zero-order valence-corrected chi connectivity index (χ0v) is 16.1. The monoisotopic (exact) mass is 367 g/mol. The van der Waals surface area contributed by atoms with Crippen molar-refractivity contribution in [1.29, 1.82) is 0 Å². The first-order valence-corrected chi connectivity index (χ1v) is 10.4. The van der Waals surface area contributed by atoms with Gasteiger partial charge in [0.25, 0.3) is 5.91 Å². The van der Waals surface area contributed by atoms with Crippen LogP contribution in [0.4, 0.5) is 0 Å². The summed E-state index contributed by atoms with van der Waals surface area (Å²) in [4.78, 5) is 17.6. The van der Waals surface area contributed by atoms with Gasteiger partial charge in [-0.25, -0.2) is 4.98 Å². The van der Waals surface area contributed by atoms with Gasteiger partial charge in [-0.3, -0.25) is 4.79 Å². The number of benzene rings is 2. The second kappa shape index (κ2) is 8.90. The third-order valence-electron chi connectivity index (χ3n) is 4.39. The molecule has 1 aromatic heterocycles. The van der Waals surface area contributed by atoms with Crippen molar-refractivity contribution in [3.63, 3.8) is 0 Å². The van der Waals surface area contributed by atoms with Gasteiger partial charge in [-0.1, -0.05) is 37.3 Å². The fourth-order valence-corrected chi connectivity index (χ4v) is 3.62. The summed E-state index contributed by atoms with van der Waals surface area (Å²) in [7, 11) is 0. The molecule has 0 fully saturated rings. The van der Waals surface area contributed by atoms with Crippen LogP contribution >= 0.6 is 11.8 Å². The molecule has 0 aliphatic carbocycles. The minimum absolute atomic E-state index is 0.0493. The lowest BCUT2D eigenvalue weighted by Crippen LogP contribution is -2.31. The number of para-hydroxylation sites is 2. The fourth-order valence-electron chi connectivity index (χ4n) is 3.15. The van der Waals surface area contributed by atoms with Gasteiger partial charge in [-0.2, -0.15) is 11.8 Å². The number of carbonyl (C=O) groups excluding carboxylic acids is 1. The number of thioether (sulfide) groups is 1. The Bertz CT molecular complexity index is 860. The molecule has 1 heterocycles. The van der Waals surface area contributed by atoms with Gasteiger partial charge in [-0.15, -0.1) is 0 Å². The van der Waals surface area contributed by atoms with Gasteiger partial charge in [-0.05, 0) is 49.1 Å². The van der Waals surface area contributed by atoms with E-state index < -0.39 is 0 Å². The van der Waals surface area contributed by atoms with Crippen LogP contribution in [-0.4, -0.2) is 27.5 Å². The Morgan fingerprint density at radius 2 is 1.88 bits per heavy atom. The number of hydrogen-bond acceptors (Lipinski definition) is 3. The number of carbonyl (C=O) groups is 1. The summed E-state index contributed by atoms with van der Waals surface area (Å²) in [5.41, 5.74) is 2.80. The maximum absolute atomic E-state index is 12.7. The molecule has 2 aromatic carbocycles. The van der Waals surface area contributed by atoms with Crippen LogP contribution in [-0.2, 0) is 6.54 Å². The molecule has 0 saturated heterocycles. The Morgan fingerprint density at radius 3 is 2.62 bits per heavy atom. The van der Waals surface area contributed by atoms with E-state index in [1.807, 2.05) is 48.5 Å². The number of fused-ring (bicyclic) bond motifs is 1. The summed E-state index contributed by atoms with van der Waals surface area (Å²) < 4.78 is 2.26. The molecule has 4 nitrogen and oxygen atoms in total. The zero-order valence-electron chi connectivity index (χ0n) is 15.3. The predicted molar refractivity (Wildman–Crippen MR) is 110 cm³/mol. The molecule has 0 unspecified atom stereocenters. The first-order valence-electron chi connectivity index (χ1n) is 9.04. The molecule has 1 amide bonds. The molecule has 0 aliphatic heterocycles. The van der Waals surface area contributed by atoms with E-state index in [0.29, 0.717) is 5.56 Å². The normalized spacial score (nSPS) is 12.2. The Kier molecular flexibility index (Phi) is 6.34. The van der Waals surface area contributed by atoms with Crippen molar-refractivity contribution in [2.24, 2.45) is 0 Å². The highest BCUT2D eigenvalue weighted by molar-refractivity contribution is 7.98. The number of imidazole rings is 1. The van der Waals surface area contributed by atoms with Crippen molar-refractivity contribution in [1.82, 2.24) is 14.9 Å². The molecule has 3 aromatic rings. The maximum atomic E-state index is 12.7. The SMILES string of the molecule is CCCn1c([C@@H](CCSC)NC(=O)c2ccccc2)nc2ccccc21. The average Bonchev–Trinajstić information content (AvgIpc) is 3.04. The lowest BCUT2D eigenvalue weighted by molar-refractivity contribution is 0.0933. The second-order valence-corrected chi connectivity index (χ2v) is 7.27. The van der Waals surface area contributed by atoms with Crippen LogP contribution in [0.2, 0.25) is 0 Å². The first-order chi connectivity index (χ1) is 12.7. The number of nitrogens with zero attached hydrogens (tertiary/aromatic N) is 2. The third kappa shape index (κ3) is 4.10. The van der Waals surface area contributed by atoms with Crippen molar-refractivity contribution >= 4 is 28.7 Å². The molecule has 0 saturated carbocycles. The van der Waals surface area contributed by atoms with Crippen LogP contribution < -0.4 is 5.32 Å². The van der Waals surface area contributed by atoms with Gasteiger partial charge in [0.1, 0.15) is 5.82 Å². The van der Waals surface area contributed by atoms with Gasteiger partial charge >= 0.3 is 0 Å². The smallest absolute Gasteiger partial charge is 0.251 e. The van der Waals surface area contributed by atoms with Crippen LogP contribution in [0, 0.1) is 0 Å². The van der Waals surface area contributed by atoms with Crippen LogP contribution in [0.3, 0.4) is 0 Å². The van der Waals surface area contributed by atoms with E-state index in [2.05, 4.69) is 29.1 Å². The van der Waals surface area contributed by atoms with E-state index in [4.69, 9.17) is 4.98 Å². The maximum Gasteiger partial charge on any atom is 0.251 e. The van der Waals surface area contributed by atoms with Gasteiger partial charge in [0, 0.05) is 12.1 Å². The minimum Gasteiger partial charge on any atom is -0.342 e. The summed E-state index contributed by atoms with van der Waals surface area (Å²) in [5, 5.41) is 3.21. The van der Waals surface area contributed by atoms with E-state index in [9.17, 15) is 4.79 Å². The molecular formula is C21H25N3OS. The summed E-state index contributed by atoms with van der Waals surface area (Å²) in [6, 6.07) is 17.5. The highest BCUT2D eigenvalue weighted by Crippen LogP contribution is 2.25. The lowest BCUT2D eigenvalue weighted by Gasteiger charge is -2.20. The van der Waals surface area contributed by atoms with Crippen molar-refractivity contribution in [3.05, 3.63) is 66.0 Å². The number of hydrogen-bond donors (Lipinski definition) is 1. The van der Waals surface area contributed by atoms with Crippen molar-refractivity contribution in [2.75, 3.05) is 12.0 Å². The Balaban J connectivity index is 1.95. The largest absolute Gasteiger partial charge is 0.342 e. The number of aromatic nitrogens is 2. The highest BCUT2D eigenvalue weighted by atomic mass is 32.2. The third-order valence-corrected chi connectivity index (χ3v) is 5.04. The number of nitrogens with one attached hydrogen (secondary N) is 1. The molecule has 3 rings (SSSR count). The first kappa shape index (κ1) is 18.5. The van der Waals surface area contributed by atoms with E-state index in [0.717, 1.165) is 42.0 Å². The minimum atomic E-state index is -0.103. The van der Waals surface area contributed by atoms with Crippen molar-refractivity contribution in [2.45, 2.75) is 32.4 Å². The quantitative estimate of drug-likeness (QED) is 0.629. The summed E-state index contributed by atoms with van der Waals surface area (Å²) in [6.07, 6.45) is 3.97. The van der Waals surface area contributed by atoms with Crippen LogP contribution in [0.25, 0.3) is 11.0 Å². The van der Waals surface area contributed by atoms with E-state index in [1.165, 1.54) is 0 Å². The lowest BCUT2D eigenvalue weighted by atomic mass is 10.1. The molecule has 0 bridgehead atoms. The van der Waals surface area contributed by atoms with Crippen LogP contribution in [0.5, 0.6) is 0 Å². The molecule has 0 aliphatic rings. The molecule has 1 atom stereocenters. The van der Waals surface area contributed by atoms with E-state index in [1.54, 1.807) is 11.8 Å². The highest BCUT2D eigenvalue weighted by Gasteiger charge is 2.22. The van der Waals surface area contributed by atoms with Crippen molar-refractivity contribution in [3.8, 4) is 0 Å². The Morgan fingerprint density at radius 1 is 1.15 bits per heavy atom. The molecule has 1 N–H and O–H groups in total. The molecule has 0 spiro atoms. The van der Waals surface area contributed by atoms with Crippen LogP contribution in [0.15, 0.2) is 54.6 Å². The van der Waals surface area contributed by atoms with Gasteiger partial charge in [0.15, 0.2) is 0 Å². The van der Waals surface area contributed by atoms with Crippen molar-refractivity contribution < 1.29 is 4.79 Å². The second-order valence-electron chi connectivity index (χ2n) is 6.28. The topological polar surface area (TPSA) is 46.9 Å². The summed E-state index contributed by atoms with van der Waals surface area (Å²) in [6.45, 7) is 3.06.